The van der Waals surface area contributed by atoms with Crippen LogP contribution in [0.1, 0.15) is 11.1 Å². The average Bonchev–Trinajstić information content (AvgIpc) is 2.94. The van der Waals surface area contributed by atoms with Gasteiger partial charge in [0.05, 0.1) is 13.7 Å². The van der Waals surface area contributed by atoms with Crippen LogP contribution in [0.4, 0.5) is 4.39 Å². The molecule has 0 amide bonds. The van der Waals surface area contributed by atoms with Crippen LogP contribution in [-0.4, -0.2) is 13.7 Å². The van der Waals surface area contributed by atoms with E-state index in [2.05, 4.69) is 0 Å². The van der Waals surface area contributed by atoms with Crippen molar-refractivity contribution in [3.63, 3.8) is 0 Å². The lowest BCUT2D eigenvalue weighted by Crippen LogP contribution is -2.00. The number of halogens is 1. The Kier molecular flexibility index (Phi) is 3.32. The first-order chi connectivity index (χ1) is 9.72. The molecular formula is C16H16FNO2. The number of benzene rings is 2. The summed E-state index contributed by atoms with van der Waals surface area (Å²) in [7, 11) is 1.52. The predicted molar refractivity (Wildman–Crippen MR) is 75.5 cm³/mol. The Hall–Kier alpha value is -2.07. The highest BCUT2D eigenvalue weighted by Gasteiger charge is 2.18. The zero-order valence-corrected chi connectivity index (χ0v) is 11.3. The molecular weight excluding hydrogens is 257 g/mol. The fourth-order valence-corrected chi connectivity index (χ4v) is 2.55. The minimum Gasteiger partial charge on any atom is -0.497 e. The van der Waals surface area contributed by atoms with Crippen molar-refractivity contribution in [1.29, 1.82) is 0 Å². The summed E-state index contributed by atoms with van der Waals surface area (Å²) in [5, 5.41) is 0. The van der Waals surface area contributed by atoms with Gasteiger partial charge >= 0.3 is 0 Å². The van der Waals surface area contributed by atoms with Gasteiger partial charge in [0, 0.05) is 30.2 Å². The van der Waals surface area contributed by atoms with Crippen LogP contribution in [0.3, 0.4) is 0 Å². The van der Waals surface area contributed by atoms with Gasteiger partial charge in [0.25, 0.3) is 0 Å². The molecule has 1 aliphatic rings. The maximum absolute atomic E-state index is 14.2. The van der Waals surface area contributed by atoms with E-state index in [0.717, 1.165) is 28.9 Å². The first-order valence-corrected chi connectivity index (χ1v) is 6.55. The van der Waals surface area contributed by atoms with Gasteiger partial charge in [0.1, 0.15) is 17.3 Å². The summed E-state index contributed by atoms with van der Waals surface area (Å²) in [6, 6.07) is 8.75. The Bertz CT molecular complexity index is 655. The summed E-state index contributed by atoms with van der Waals surface area (Å²) in [6.07, 6.45) is 0.841. The van der Waals surface area contributed by atoms with E-state index in [0.29, 0.717) is 24.5 Å². The fourth-order valence-electron chi connectivity index (χ4n) is 2.55. The summed E-state index contributed by atoms with van der Waals surface area (Å²) in [4.78, 5) is 0. The normalized spacial score (nSPS) is 12.9. The Labute approximate surface area is 117 Å². The Balaban J connectivity index is 2.11. The van der Waals surface area contributed by atoms with E-state index in [-0.39, 0.29) is 5.82 Å². The molecule has 0 aromatic heterocycles. The molecule has 2 aromatic rings. The number of fused-ring (bicyclic) bond motifs is 1. The number of methoxy groups -OCH3 is 1. The molecule has 4 heteroatoms. The van der Waals surface area contributed by atoms with Gasteiger partial charge < -0.3 is 15.2 Å². The van der Waals surface area contributed by atoms with Gasteiger partial charge in [-0.2, -0.15) is 0 Å². The van der Waals surface area contributed by atoms with Crippen LogP contribution in [0.15, 0.2) is 30.3 Å². The molecule has 0 fully saturated rings. The molecule has 0 radical (unpaired) electrons. The lowest BCUT2D eigenvalue weighted by atomic mass is 9.98. The molecule has 1 aliphatic heterocycles. The van der Waals surface area contributed by atoms with Gasteiger partial charge in [-0.25, -0.2) is 4.39 Å². The van der Waals surface area contributed by atoms with Crippen molar-refractivity contribution >= 4 is 0 Å². The zero-order valence-electron chi connectivity index (χ0n) is 11.3. The minimum absolute atomic E-state index is 0.300. The van der Waals surface area contributed by atoms with E-state index in [1.165, 1.54) is 13.2 Å². The smallest absolute Gasteiger partial charge is 0.134 e. The average molecular weight is 273 g/mol. The van der Waals surface area contributed by atoms with Crippen molar-refractivity contribution in [3.05, 3.63) is 47.3 Å². The monoisotopic (exact) mass is 273 g/mol. The van der Waals surface area contributed by atoms with Crippen molar-refractivity contribution in [2.75, 3.05) is 13.7 Å². The number of hydrogen-bond acceptors (Lipinski definition) is 3. The Morgan fingerprint density at radius 3 is 2.85 bits per heavy atom. The maximum atomic E-state index is 14.2. The van der Waals surface area contributed by atoms with Crippen molar-refractivity contribution in [1.82, 2.24) is 0 Å². The summed E-state index contributed by atoms with van der Waals surface area (Å²) in [5.41, 5.74) is 9.16. The molecule has 0 unspecified atom stereocenters. The van der Waals surface area contributed by atoms with Crippen LogP contribution in [0.25, 0.3) is 11.1 Å². The van der Waals surface area contributed by atoms with Crippen molar-refractivity contribution in [3.8, 4) is 22.6 Å². The van der Waals surface area contributed by atoms with Gasteiger partial charge in [-0.1, -0.05) is 0 Å². The molecule has 20 heavy (non-hydrogen) atoms. The molecule has 1 heterocycles. The number of hydrogen-bond donors (Lipinski definition) is 1. The molecule has 0 saturated heterocycles. The van der Waals surface area contributed by atoms with Crippen LogP contribution in [0.2, 0.25) is 0 Å². The summed E-state index contributed by atoms with van der Waals surface area (Å²) < 4.78 is 24.8. The second-order valence-corrected chi connectivity index (χ2v) is 4.77. The Morgan fingerprint density at radius 1 is 1.30 bits per heavy atom. The third-order valence-corrected chi connectivity index (χ3v) is 3.57. The number of ether oxygens (including phenoxy) is 2. The SMILES string of the molecule is COc1ccc(-c2cc(CN)c3c(c2)CCO3)c(F)c1. The third-order valence-electron chi connectivity index (χ3n) is 3.57. The van der Waals surface area contributed by atoms with Gasteiger partial charge in [0.2, 0.25) is 0 Å². The maximum Gasteiger partial charge on any atom is 0.134 e. The van der Waals surface area contributed by atoms with E-state index in [1.54, 1.807) is 12.1 Å². The summed E-state index contributed by atoms with van der Waals surface area (Å²) >= 11 is 0. The van der Waals surface area contributed by atoms with Crippen LogP contribution in [0.5, 0.6) is 11.5 Å². The topological polar surface area (TPSA) is 44.5 Å². The number of rotatable bonds is 3. The van der Waals surface area contributed by atoms with Gasteiger partial charge in [0.15, 0.2) is 0 Å². The van der Waals surface area contributed by atoms with Crippen LogP contribution < -0.4 is 15.2 Å². The van der Waals surface area contributed by atoms with Gasteiger partial charge in [-0.05, 0) is 35.4 Å². The molecule has 0 bridgehead atoms. The second kappa shape index (κ2) is 5.13. The van der Waals surface area contributed by atoms with E-state index in [1.807, 2.05) is 12.1 Å². The van der Waals surface area contributed by atoms with E-state index in [9.17, 15) is 4.39 Å². The quantitative estimate of drug-likeness (QED) is 0.935. The third kappa shape index (κ3) is 2.12. The highest BCUT2D eigenvalue weighted by Crippen LogP contribution is 2.35. The molecule has 0 aliphatic carbocycles. The van der Waals surface area contributed by atoms with Crippen molar-refractivity contribution in [2.45, 2.75) is 13.0 Å². The molecule has 104 valence electrons. The Morgan fingerprint density at radius 2 is 2.15 bits per heavy atom. The molecule has 3 rings (SSSR count). The molecule has 0 saturated carbocycles. The lowest BCUT2D eigenvalue weighted by Gasteiger charge is -2.11. The predicted octanol–water partition coefficient (Wildman–Crippen LogP) is 2.89. The largest absolute Gasteiger partial charge is 0.497 e. The first-order valence-electron chi connectivity index (χ1n) is 6.55. The molecule has 0 spiro atoms. The highest BCUT2D eigenvalue weighted by atomic mass is 19.1. The van der Waals surface area contributed by atoms with E-state index in [4.69, 9.17) is 15.2 Å². The minimum atomic E-state index is -0.300. The second-order valence-electron chi connectivity index (χ2n) is 4.77. The molecule has 2 N–H and O–H groups in total. The molecule has 2 aromatic carbocycles. The standard InChI is InChI=1S/C16H16FNO2/c1-19-13-2-3-14(15(17)8-13)11-6-10-4-5-20-16(10)12(7-11)9-18/h2-3,6-8H,4-5,9,18H2,1H3. The van der Waals surface area contributed by atoms with Crippen molar-refractivity contribution in [2.24, 2.45) is 5.73 Å². The lowest BCUT2D eigenvalue weighted by molar-refractivity contribution is 0.353. The molecule has 3 nitrogen and oxygen atoms in total. The fraction of sp³-hybridized carbons (Fsp3) is 0.250. The summed E-state index contributed by atoms with van der Waals surface area (Å²) in [5.74, 6) is 1.08. The van der Waals surface area contributed by atoms with Crippen LogP contribution in [0, 0.1) is 5.82 Å². The summed E-state index contributed by atoms with van der Waals surface area (Å²) in [6.45, 7) is 1.05. The van der Waals surface area contributed by atoms with Crippen molar-refractivity contribution < 1.29 is 13.9 Å². The van der Waals surface area contributed by atoms with Gasteiger partial charge in [-0.3, -0.25) is 0 Å². The molecule has 0 atom stereocenters. The number of nitrogens with two attached hydrogens (primary N) is 1. The zero-order chi connectivity index (χ0) is 14.1. The van der Waals surface area contributed by atoms with Crippen LogP contribution in [-0.2, 0) is 13.0 Å². The van der Waals surface area contributed by atoms with Gasteiger partial charge in [-0.15, -0.1) is 0 Å². The highest BCUT2D eigenvalue weighted by molar-refractivity contribution is 5.69. The van der Waals surface area contributed by atoms with E-state index >= 15 is 0 Å². The first kappa shape index (κ1) is 12.9. The van der Waals surface area contributed by atoms with E-state index < -0.39 is 0 Å². The van der Waals surface area contributed by atoms with Crippen LogP contribution >= 0.6 is 0 Å².